The smallest absolute Gasteiger partial charge is 0.351 e. The number of carbonyl (C=O) groups is 2. The lowest BCUT2D eigenvalue weighted by Crippen LogP contribution is -2.18. The average Bonchev–Trinajstić information content (AvgIpc) is 2.28. The summed E-state index contributed by atoms with van der Waals surface area (Å²) < 4.78 is 22.0. The van der Waals surface area contributed by atoms with Crippen LogP contribution in [0.5, 0.6) is 5.75 Å². The second kappa shape index (κ2) is 6.62. The molecule has 0 saturated carbocycles. The van der Waals surface area contributed by atoms with Crippen molar-refractivity contribution in [1.82, 2.24) is 0 Å². The molecular formula is C12H12FO4. The van der Waals surface area contributed by atoms with E-state index in [0.717, 1.165) is 0 Å². The van der Waals surface area contributed by atoms with Gasteiger partial charge in [-0.25, -0.2) is 9.18 Å². The van der Waals surface area contributed by atoms with E-state index < -0.39 is 24.4 Å². The zero-order chi connectivity index (χ0) is 12.7. The van der Waals surface area contributed by atoms with Gasteiger partial charge in [-0.15, -0.1) is 0 Å². The van der Waals surface area contributed by atoms with Crippen LogP contribution in [0.4, 0.5) is 4.39 Å². The van der Waals surface area contributed by atoms with E-state index in [1.54, 1.807) is 0 Å². The Labute approximate surface area is 98.3 Å². The van der Waals surface area contributed by atoms with Gasteiger partial charge >= 0.3 is 11.9 Å². The van der Waals surface area contributed by atoms with Gasteiger partial charge in [0.15, 0.2) is 6.61 Å². The molecular weight excluding hydrogens is 227 g/mol. The third kappa shape index (κ3) is 5.10. The van der Waals surface area contributed by atoms with Crippen LogP contribution in [0.25, 0.3) is 0 Å². The molecule has 0 N–H and O–H groups in total. The zero-order valence-corrected chi connectivity index (χ0v) is 9.15. The molecule has 0 saturated heterocycles. The van der Waals surface area contributed by atoms with Crippen LogP contribution in [0.1, 0.15) is 12.8 Å². The van der Waals surface area contributed by atoms with Gasteiger partial charge in [-0.05, 0) is 30.7 Å². The van der Waals surface area contributed by atoms with Crippen molar-refractivity contribution in [3.63, 3.8) is 0 Å². The molecule has 1 rings (SSSR count). The molecule has 91 valence electrons. The van der Waals surface area contributed by atoms with Gasteiger partial charge < -0.3 is 9.47 Å². The highest BCUT2D eigenvalue weighted by molar-refractivity contribution is 5.86. The highest BCUT2D eigenvalue weighted by Crippen LogP contribution is 2.10. The van der Waals surface area contributed by atoms with Crippen molar-refractivity contribution >= 4 is 11.9 Å². The first kappa shape index (κ1) is 13.2. The molecule has 5 heteroatoms. The van der Waals surface area contributed by atoms with Crippen molar-refractivity contribution in [3.05, 3.63) is 37.0 Å². The minimum absolute atomic E-state index is 0.0856. The second-order valence-corrected chi connectivity index (χ2v) is 3.19. The van der Waals surface area contributed by atoms with Crippen molar-refractivity contribution in [2.75, 3.05) is 6.61 Å². The number of hydrogen-bond acceptors (Lipinski definition) is 4. The quantitative estimate of drug-likeness (QED) is 0.581. The summed E-state index contributed by atoms with van der Waals surface area (Å²) >= 11 is 0. The van der Waals surface area contributed by atoms with Gasteiger partial charge in [-0.2, -0.15) is 0 Å². The molecule has 0 bridgehead atoms. The maximum absolute atomic E-state index is 12.5. The van der Waals surface area contributed by atoms with E-state index in [1.807, 2.05) is 0 Å². The molecule has 0 fully saturated rings. The van der Waals surface area contributed by atoms with Crippen LogP contribution in [0.3, 0.4) is 0 Å². The summed E-state index contributed by atoms with van der Waals surface area (Å²) in [6.45, 7) is 3.06. The molecule has 0 aliphatic heterocycles. The lowest BCUT2D eigenvalue weighted by atomic mass is 10.3. The topological polar surface area (TPSA) is 52.6 Å². The molecule has 0 unspecified atom stereocenters. The van der Waals surface area contributed by atoms with E-state index in [9.17, 15) is 14.0 Å². The number of hydrogen-bond donors (Lipinski definition) is 0. The highest BCUT2D eigenvalue weighted by Gasteiger charge is 2.10. The fourth-order valence-electron chi connectivity index (χ4n) is 1.02. The summed E-state index contributed by atoms with van der Waals surface area (Å²) in [5, 5.41) is 0. The molecule has 1 aromatic carbocycles. The Hall–Kier alpha value is -1.91. The van der Waals surface area contributed by atoms with Crippen LogP contribution in [-0.2, 0) is 14.3 Å². The van der Waals surface area contributed by atoms with Crippen LogP contribution in [-0.4, -0.2) is 18.5 Å². The molecule has 1 aromatic rings. The first-order chi connectivity index (χ1) is 8.11. The predicted octanol–water partition coefficient (Wildman–Crippen LogP) is 1.89. The van der Waals surface area contributed by atoms with Crippen LogP contribution < -0.4 is 4.74 Å². The van der Waals surface area contributed by atoms with Crippen LogP contribution >= 0.6 is 0 Å². The molecule has 0 spiro atoms. The third-order valence-corrected chi connectivity index (χ3v) is 1.78. The van der Waals surface area contributed by atoms with E-state index in [-0.39, 0.29) is 6.42 Å². The Bertz CT molecular complexity index is 386. The lowest BCUT2D eigenvalue weighted by Gasteiger charge is -2.05. The molecule has 0 heterocycles. The monoisotopic (exact) mass is 239 g/mol. The minimum Gasteiger partial charge on any atom is -0.482 e. The Morgan fingerprint density at radius 3 is 2.41 bits per heavy atom. The number of benzene rings is 1. The van der Waals surface area contributed by atoms with E-state index in [1.165, 1.54) is 24.3 Å². The maximum atomic E-state index is 12.5. The van der Waals surface area contributed by atoms with Crippen molar-refractivity contribution < 1.29 is 23.5 Å². The number of esters is 2. The van der Waals surface area contributed by atoms with Crippen molar-refractivity contribution in [3.8, 4) is 5.75 Å². The van der Waals surface area contributed by atoms with E-state index in [4.69, 9.17) is 4.74 Å². The standard InChI is InChI=1S/C12H12FO4/c1-2-3-11(14)17-12(15)8-16-10-6-4-9(13)5-7-10/h4-7H,1-3,8H2. The molecule has 0 atom stereocenters. The molecule has 17 heavy (non-hydrogen) atoms. The van der Waals surface area contributed by atoms with Crippen molar-refractivity contribution in [2.45, 2.75) is 12.8 Å². The SMILES string of the molecule is [CH2]CCC(=O)OC(=O)COc1ccc(F)cc1. The van der Waals surface area contributed by atoms with Crippen LogP contribution in [0.15, 0.2) is 24.3 Å². The fraction of sp³-hybridized carbons (Fsp3) is 0.250. The van der Waals surface area contributed by atoms with Crippen molar-refractivity contribution in [2.24, 2.45) is 0 Å². The normalized spacial score (nSPS) is 9.76. The Kier molecular flexibility index (Phi) is 5.13. The zero-order valence-electron chi connectivity index (χ0n) is 9.15. The first-order valence-electron chi connectivity index (χ1n) is 5.03. The van der Waals surface area contributed by atoms with Gasteiger partial charge in [-0.3, -0.25) is 4.79 Å². The summed E-state index contributed by atoms with van der Waals surface area (Å²) in [5.74, 6) is -1.49. The number of halogens is 1. The highest BCUT2D eigenvalue weighted by atomic mass is 19.1. The Balaban J connectivity index is 2.33. The second-order valence-electron chi connectivity index (χ2n) is 3.19. The van der Waals surface area contributed by atoms with E-state index in [0.29, 0.717) is 12.2 Å². The third-order valence-electron chi connectivity index (χ3n) is 1.78. The molecule has 4 nitrogen and oxygen atoms in total. The van der Waals surface area contributed by atoms with Gasteiger partial charge in [-0.1, -0.05) is 6.92 Å². The molecule has 0 aliphatic carbocycles. The van der Waals surface area contributed by atoms with Crippen molar-refractivity contribution in [1.29, 1.82) is 0 Å². The summed E-state index contributed by atoms with van der Waals surface area (Å²) in [4.78, 5) is 22.0. The largest absolute Gasteiger partial charge is 0.482 e. The number of rotatable bonds is 5. The number of ether oxygens (including phenoxy) is 2. The lowest BCUT2D eigenvalue weighted by molar-refractivity contribution is -0.161. The summed E-state index contributed by atoms with van der Waals surface area (Å²) in [6.07, 6.45) is 0.452. The maximum Gasteiger partial charge on any atom is 0.351 e. The van der Waals surface area contributed by atoms with Gasteiger partial charge in [0, 0.05) is 6.42 Å². The predicted molar refractivity (Wildman–Crippen MR) is 57.6 cm³/mol. The van der Waals surface area contributed by atoms with E-state index >= 15 is 0 Å². The molecule has 1 radical (unpaired) electrons. The van der Waals surface area contributed by atoms with Gasteiger partial charge in [0.2, 0.25) is 0 Å². The Morgan fingerprint density at radius 1 is 1.18 bits per heavy atom. The summed E-state index contributed by atoms with van der Waals surface area (Å²) in [6, 6.07) is 5.16. The fourth-order valence-corrected chi connectivity index (χ4v) is 1.02. The summed E-state index contributed by atoms with van der Waals surface area (Å²) in [7, 11) is 0. The Morgan fingerprint density at radius 2 is 1.82 bits per heavy atom. The first-order valence-corrected chi connectivity index (χ1v) is 5.03. The van der Waals surface area contributed by atoms with Crippen LogP contribution in [0, 0.1) is 12.7 Å². The molecule has 0 aliphatic rings. The minimum atomic E-state index is -0.784. The van der Waals surface area contributed by atoms with E-state index in [2.05, 4.69) is 11.7 Å². The number of carbonyl (C=O) groups excluding carboxylic acids is 2. The van der Waals surface area contributed by atoms with Gasteiger partial charge in [0.05, 0.1) is 0 Å². The molecule has 0 aromatic heterocycles. The average molecular weight is 239 g/mol. The molecule has 0 amide bonds. The summed E-state index contributed by atoms with van der Waals surface area (Å²) in [5.41, 5.74) is 0. The van der Waals surface area contributed by atoms with Crippen LogP contribution in [0.2, 0.25) is 0 Å². The van der Waals surface area contributed by atoms with Gasteiger partial charge in [0.1, 0.15) is 11.6 Å². The van der Waals surface area contributed by atoms with Gasteiger partial charge in [0.25, 0.3) is 0 Å².